The van der Waals surface area contributed by atoms with Crippen LogP contribution in [-0.2, 0) is 0 Å². The summed E-state index contributed by atoms with van der Waals surface area (Å²) in [6.07, 6.45) is 6.17. The van der Waals surface area contributed by atoms with Crippen molar-refractivity contribution in [2.75, 3.05) is 19.6 Å². The van der Waals surface area contributed by atoms with E-state index in [1.54, 1.807) is 36.6 Å². The smallest absolute Gasteiger partial charge is 0.270 e. The van der Waals surface area contributed by atoms with Gasteiger partial charge in [0.05, 0.1) is 16.9 Å². The van der Waals surface area contributed by atoms with Crippen LogP contribution >= 0.6 is 0 Å². The molecule has 0 bridgehead atoms. The second kappa shape index (κ2) is 9.78. The number of nitro groups is 1. The van der Waals surface area contributed by atoms with Crippen molar-refractivity contribution in [3.8, 4) is 17.1 Å². The van der Waals surface area contributed by atoms with E-state index < -0.39 is 4.92 Å². The standard InChI is InChI=1S/C23H27N5O4/c1-17-6-2-3-13-26(17)14-5-12-24-23(29)21-16-20(22-7-4-15-32-22)25-27(21)18-8-10-19(11-9-18)28(30)31/h4,7-11,15-17H,2-3,5-6,12-14H2,1H3,(H,24,29). The first-order valence-electron chi connectivity index (χ1n) is 10.9. The monoisotopic (exact) mass is 437 g/mol. The van der Waals surface area contributed by atoms with Gasteiger partial charge in [0.15, 0.2) is 5.76 Å². The van der Waals surface area contributed by atoms with Gasteiger partial charge in [-0.15, -0.1) is 0 Å². The van der Waals surface area contributed by atoms with E-state index in [1.165, 1.54) is 36.1 Å². The second-order valence-electron chi connectivity index (χ2n) is 8.07. The van der Waals surface area contributed by atoms with Crippen LogP contribution in [0.25, 0.3) is 17.1 Å². The first-order valence-corrected chi connectivity index (χ1v) is 10.9. The van der Waals surface area contributed by atoms with Crippen LogP contribution in [0.1, 0.15) is 43.1 Å². The van der Waals surface area contributed by atoms with Gasteiger partial charge in [-0.05, 0) is 57.0 Å². The van der Waals surface area contributed by atoms with Crippen LogP contribution in [0, 0.1) is 10.1 Å². The fourth-order valence-electron chi connectivity index (χ4n) is 4.06. The van der Waals surface area contributed by atoms with Crippen molar-refractivity contribution in [1.82, 2.24) is 20.0 Å². The van der Waals surface area contributed by atoms with E-state index in [0.29, 0.717) is 35.4 Å². The molecule has 0 saturated carbocycles. The second-order valence-corrected chi connectivity index (χ2v) is 8.07. The van der Waals surface area contributed by atoms with Crippen molar-refractivity contribution in [3.63, 3.8) is 0 Å². The Morgan fingerprint density at radius 1 is 1.28 bits per heavy atom. The fourth-order valence-corrected chi connectivity index (χ4v) is 4.06. The molecule has 0 radical (unpaired) electrons. The minimum Gasteiger partial charge on any atom is -0.463 e. The molecule has 9 nitrogen and oxygen atoms in total. The number of nitrogens with zero attached hydrogens (tertiary/aromatic N) is 4. The van der Waals surface area contributed by atoms with Crippen LogP contribution in [-0.4, -0.2) is 51.2 Å². The maximum absolute atomic E-state index is 13.0. The van der Waals surface area contributed by atoms with Crippen molar-refractivity contribution in [3.05, 3.63) is 64.5 Å². The van der Waals surface area contributed by atoms with E-state index >= 15 is 0 Å². The number of amides is 1. The Labute approximate surface area is 186 Å². The highest BCUT2D eigenvalue weighted by Gasteiger charge is 2.20. The molecule has 3 aromatic rings. The minimum absolute atomic E-state index is 0.0230. The van der Waals surface area contributed by atoms with Gasteiger partial charge < -0.3 is 14.6 Å². The summed E-state index contributed by atoms with van der Waals surface area (Å²) in [6.45, 7) is 4.90. The van der Waals surface area contributed by atoms with E-state index in [-0.39, 0.29) is 11.6 Å². The Bertz CT molecular complexity index is 1060. The topological polar surface area (TPSA) is 106 Å². The van der Waals surface area contributed by atoms with Crippen molar-refractivity contribution in [1.29, 1.82) is 0 Å². The SMILES string of the molecule is CC1CCCCN1CCCNC(=O)c1cc(-c2ccco2)nn1-c1ccc([N+](=O)[O-])cc1. The lowest BCUT2D eigenvalue weighted by molar-refractivity contribution is -0.384. The molecule has 4 rings (SSSR count). The zero-order valence-electron chi connectivity index (χ0n) is 18.1. The zero-order valence-corrected chi connectivity index (χ0v) is 18.1. The van der Waals surface area contributed by atoms with Crippen LogP contribution < -0.4 is 5.32 Å². The van der Waals surface area contributed by atoms with Gasteiger partial charge in [0, 0.05) is 37.3 Å². The minimum atomic E-state index is -0.460. The molecule has 1 aliphatic heterocycles. The molecule has 1 aliphatic rings. The summed E-state index contributed by atoms with van der Waals surface area (Å²) >= 11 is 0. The maximum atomic E-state index is 13.0. The number of carbonyl (C=O) groups excluding carboxylic acids is 1. The van der Waals surface area contributed by atoms with Gasteiger partial charge in [0.2, 0.25) is 0 Å². The summed E-state index contributed by atoms with van der Waals surface area (Å²) in [6, 6.07) is 11.7. The number of non-ortho nitro benzene ring substituents is 1. The Hall–Kier alpha value is -3.46. The number of furan rings is 1. The third-order valence-corrected chi connectivity index (χ3v) is 5.87. The van der Waals surface area contributed by atoms with E-state index in [0.717, 1.165) is 19.5 Å². The number of piperidine rings is 1. The third-order valence-electron chi connectivity index (χ3n) is 5.87. The number of hydrogen-bond acceptors (Lipinski definition) is 6. The number of hydrogen-bond donors (Lipinski definition) is 1. The number of likely N-dealkylation sites (tertiary alicyclic amines) is 1. The number of nitrogens with one attached hydrogen (secondary N) is 1. The van der Waals surface area contributed by atoms with E-state index in [9.17, 15) is 14.9 Å². The predicted octanol–water partition coefficient (Wildman–Crippen LogP) is 4.03. The van der Waals surface area contributed by atoms with Crippen LogP contribution in [0.15, 0.2) is 53.1 Å². The lowest BCUT2D eigenvalue weighted by Crippen LogP contribution is -2.39. The van der Waals surface area contributed by atoms with Crippen molar-refractivity contribution in [2.45, 2.75) is 38.6 Å². The molecule has 1 atom stereocenters. The van der Waals surface area contributed by atoms with Gasteiger partial charge in [-0.1, -0.05) is 6.42 Å². The van der Waals surface area contributed by atoms with Crippen molar-refractivity contribution in [2.24, 2.45) is 0 Å². The lowest BCUT2D eigenvalue weighted by Gasteiger charge is -2.33. The predicted molar refractivity (Wildman–Crippen MR) is 120 cm³/mol. The maximum Gasteiger partial charge on any atom is 0.270 e. The largest absolute Gasteiger partial charge is 0.463 e. The first-order chi connectivity index (χ1) is 15.5. The highest BCUT2D eigenvalue weighted by atomic mass is 16.6. The molecule has 2 aromatic heterocycles. The molecule has 3 heterocycles. The number of benzene rings is 1. The number of nitro benzene ring substituents is 1. The summed E-state index contributed by atoms with van der Waals surface area (Å²) in [7, 11) is 0. The normalized spacial score (nSPS) is 16.7. The molecule has 0 spiro atoms. The van der Waals surface area contributed by atoms with Gasteiger partial charge in [-0.3, -0.25) is 14.9 Å². The Kier molecular flexibility index (Phi) is 6.65. The highest BCUT2D eigenvalue weighted by Crippen LogP contribution is 2.23. The van der Waals surface area contributed by atoms with Gasteiger partial charge in [0.1, 0.15) is 11.4 Å². The molecule has 0 aliphatic carbocycles. The molecule has 1 unspecified atom stereocenters. The molecule has 1 aromatic carbocycles. The van der Waals surface area contributed by atoms with Gasteiger partial charge in [0.25, 0.3) is 11.6 Å². The Balaban J connectivity index is 1.48. The number of rotatable bonds is 8. The molecule has 1 saturated heterocycles. The van der Waals surface area contributed by atoms with E-state index in [1.807, 2.05) is 0 Å². The van der Waals surface area contributed by atoms with Crippen LogP contribution in [0.2, 0.25) is 0 Å². The summed E-state index contributed by atoms with van der Waals surface area (Å²) in [5.74, 6) is 0.291. The summed E-state index contributed by atoms with van der Waals surface area (Å²) < 4.78 is 6.92. The molecule has 32 heavy (non-hydrogen) atoms. The first kappa shape index (κ1) is 21.8. The number of carbonyl (C=O) groups is 1. The van der Waals surface area contributed by atoms with Crippen molar-refractivity contribution >= 4 is 11.6 Å². The highest BCUT2D eigenvalue weighted by molar-refractivity contribution is 5.94. The van der Waals surface area contributed by atoms with Crippen LogP contribution in [0.4, 0.5) is 5.69 Å². The fraction of sp³-hybridized carbons (Fsp3) is 0.391. The summed E-state index contributed by atoms with van der Waals surface area (Å²) in [4.78, 5) is 26.0. The molecular formula is C23H27N5O4. The zero-order chi connectivity index (χ0) is 22.5. The van der Waals surface area contributed by atoms with Gasteiger partial charge in [-0.25, -0.2) is 4.68 Å². The van der Waals surface area contributed by atoms with E-state index in [4.69, 9.17) is 4.42 Å². The van der Waals surface area contributed by atoms with Crippen molar-refractivity contribution < 1.29 is 14.1 Å². The van der Waals surface area contributed by atoms with Gasteiger partial charge in [-0.2, -0.15) is 5.10 Å². The quantitative estimate of drug-likeness (QED) is 0.324. The van der Waals surface area contributed by atoms with Crippen LogP contribution in [0.5, 0.6) is 0 Å². The molecule has 1 amide bonds. The van der Waals surface area contributed by atoms with Crippen LogP contribution in [0.3, 0.4) is 0 Å². The molecular weight excluding hydrogens is 410 g/mol. The van der Waals surface area contributed by atoms with Gasteiger partial charge >= 0.3 is 0 Å². The molecule has 9 heteroatoms. The summed E-state index contributed by atoms with van der Waals surface area (Å²) in [5, 5.41) is 18.5. The lowest BCUT2D eigenvalue weighted by atomic mass is 10.0. The van der Waals surface area contributed by atoms with E-state index in [2.05, 4.69) is 22.2 Å². The molecule has 1 fully saturated rings. The summed E-state index contributed by atoms with van der Waals surface area (Å²) in [5.41, 5.74) is 1.39. The average molecular weight is 438 g/mol. The Morgan fingerprint density at radius 3 is 2.78 bits per heavy atom. The average Bonchev–Trinajstić information content (AvgIpc) is 3.48. The molecule has 1 N–H and O–H groups in total. The number of aromatic nitrogens is 2. The molecule has 168 valence electrons. The Morgan fingerprint density at radius 2 is 2.09 bits per heavy atom. The third kappa shape index (κ3) is 4.88.